The second kappa shape index (κ2) is 5.99. The van der Waals surface area contributed by atoms with E-state index < -0.39 is 0 Å². The van der Waals surface area contributed by atoms with Gasteiger partial charge in [0.2, 0.25) is 5.95 Å². The molecule has 0 atom stereocenters. The Morgan fingerprint density at radius 2 is 1.94 bits per heavy atom. The zero-order chi connectivity index (χ0) is 12.1. The molecule has 0 unspecified atom stereocenters. The largest absolute Gasteiger partial charge is 0.354 e. The number of nitrogens with one attached hydrogen (secondary N) is 1. The lowest BCUT2D eigenvalue weighted by Crippen LogP contribution is -2.21. The smallest absolute Gasteiger partial charge is 0.222 e. The van der Waals surface area contributed by atoms with Gasteiger partial charge in [0.15, 0.2) is 0 Å². The van der Waals surface area contributed by atoms with Crippen LogP contribution in [-0.4, -0.2) is 16.5 Å². The standard InChI is InChI=1S/C14H23N3/c1-3-12-4-6-13(7-5-12)10-16-14-15-9-8-11(2)17-14/h8-9,12-13H,3-7,10H2,1-2H3,(H,15,16,17). The summed E-state index contributed by atoms with van der Waals surface area (Å²) in [7, 11) is 0. The third-order valence-electron chi connectivity index (χ3n) is 3.89. The lowest BCUT2D eigenvalue weighted by molar-refractivity contribution is 0.278. The van der Waals surface area contributed by atoms with Crippen molar-refractivity contribution in [1.82, 2.24) is 9.97 Å². The highest BCUT2D eigenvalue weighted by atomic mass is 15.1. The van der Waals surface area contributed by atoms with Gasteiger partial charge in [0.1, 0.15) is 0 Å². The molecule has 1 fully saturated rings. The van der Waals surface area contributed by atoms with Gasteiger partial charge in [0, 0.05) is 18.4 Å². The molecule has 0 amide bonds. The number of nitrogens with zero attached hydrogens (tertiary/aromatic N) is 2. The van der Waals surface area contributed by atoms with E-state index >= 15 is 0 Å². The summed E-state index contributed by atoms with van der Waals surface area (Å²) in [6, 6.07) is 1.93. The van der Waals surface area contributed by atoms with Crippen LogP contribution >= 0.6 is 0 Å². The predicted molar refractivity (Wildman–Crippen MR) is 71.0 cm³/mol. The lowest BCUT2D eigenvalue weighted by Gasteiger charge is -2.27. The predicted octanol–water partition coefficient (Wildman–Crippen LogP) is 3.41. The van der Waals surface area contributed by atoms with Gasteiger partial charge in [-0.05, 0) is 37.7 Å². The molecule has 1 saturated carbocycles. The van der Waals surface area contributed by atoms with Crippen molar-refractivity contribution in [2.45, 2.75) is 46.0 Å². The normalized spacial score (nSPS) is 24.6. The molecule has 1 aromatic heterocycles. The summed E-state index contributed by atoms with van der Waals surface area (Å²) in [6.45, 7) is 5.34. The number of rotatable bonds is 4. The first-order chi connectivity index (χ1) is 8.28. The molecule has 1 heterocycles. The van der Waals surface area contributed by atoms with E-state index in [4.69, 9.17) is 0 Å². The van der Waals surface area contributed by atoms with Gasteiger partial charge in [-0.25, -0.2) is 9.97 Å². The van der Waals surface area contributed by atoms with E-state index in [9.17, 15) is 0 Å². The van der Waals surface area contributed by atoms with E-state index in [-0.39, 0.29) is 0 Å². The summed E-state index contributed by atoms with van der Waals surface area (Å²) in [4.78, 5) is 8.60. The minimum Gasteiger partial charge on any atom is -0.354 e. The minimum absolute atomic E-state index is 0.780. The molecule has 0 spiro atoms. The van der Waals surface area contributed by atoms with Crippen LogP contribution in [0.2, 0.25) is 0 Å². The molecule has 0 aromatic carbocycles. The van der Waals surface area contributed by atoms with E-state index in [1.54, 1.807) is 0 Å². The Hall–Kier alpha value is -1.12. The Labute approximate surface area is 104 Å². The molecule has 0 saturated heterocycles. The molecule has 3 nitrogen and oxygen atoms in total. The van der Waals surface area contributed by atoms with E-state index in [1.165, 1.54) is 32.1 Å². The molecule has 1 aliphatic carbocycles. The fourth-order valence-corrected chi connectivity index (χ4v) is 2.61. The van der Waals surface area contributed by atoms with Gasteiger partial charge in [-0.3, -0.25) is 0 Å². The zero-order valence-electron chi connectivity index (χ0n) is 10.9. The summed E-state index contributed by atoms with van der Waals surface area (Å²) >= 11 is 0. The van der Waals surface area contributed by atoms with Gasteiger partial charge in [0.05, 0.1) is 0 Å². The maximum Gasteiger partial charge on any atom is 0.222 e. The fraction of sp³-hybridized carbons (Fsp3) is 0.714. The Balaban J connectivity index is 1.76. The van der Waals surface area contributed by atoms with Crippen LogP contribution in [0.3, 0.4) is 0 Å². The highest BCUT2D eigenvalue weighted by molar-refractivity contribution is 5.24. The van der Waals surface area contributed by atoms with E-state index in [2.05, 4.69) is 22.2 Å². The van der Waals surface area contributed by atoms with Gasteiger partial charge in [0.25, 0.3) is 0 Å². The maximum absolute atomic E-state index is 4.37. The van der Waals surface area contributed by atoms with E-state index in [0.29, 0.717) is 0 Å². The first-order valence-electron chi connectivity index (χ1n) is 6.81. The van der Waals surface area contributed by atoms with Gasteiger partial charge in [-0.1, -0.05) is 26.2 Å². The highest BCUT2D eigenvalue weighted by Gasteiger charge is 2.19. The molecule has 0 radical (unpaired) electrons. The molecular formula is C14H23N3. The molecule has 1 N–H and O–H groups in total. The molecule has 0 aliphatic heterocycles. The Kier molecular flexibility index (Phi) is 4.35. The monoisotopic (exact) mass is 233 g/mol. The topological polar surface area (TPSA) is 37.8 Å². The number of anilines is 1. The summed E-state index contributed by atoms with van der Waals surface area (Å²) < 4.78 is 0. The van der Waals surface area contributed by atoms with Crippen LogP contribution in [0.5, 0.6) is 0 Å². The van der Waals surface area contributed by atoms with Gasteiger partial charge < -0.3 is 5.32 Å². The van der Waals surface area contributed by atoms with Gasteiger partial charge in [-0.2, -0.15) is 0 Å². The summed E-state index contributed by atoms with van der Waals surface area (Å²) in [5.41, 5.74) is 1.03. The van der Waals surface area contributed by atoms with Gasteiger partial charge >= 0.3 is 0 Å². The van der Waals surface area contributed by atoms with Crippen LogP contribution in [0.4, 0.5) is 5.95 Å². The van der Waals surface area contributed by atoms with Crippen molar-refractivity contribution in [3.05, 3.63) is 18.0 Å². The Morgan fingerprint density at radius 1 is 1.24 bits per heavy atom. The minimum atomic E-state index is 0.780. The van der Waals surface area contributed by atoms with E-state index in [1.807, 2.05) is 19.2 Å². The zero-order valence-corrected chi connectivity index (χ0v) is 10.9. The fourth-order valence-electron chi connectivity index (χ4n) is 2.61. The average Bonchev–Trinajstić information content (AvgIpc) is 2.37. The van der Waals surface area contributed by atoms with Crippen LogP contribution in [0.1, 0.15) is 44.7 Å². The second-order valence-electron chi connectivity index (χ2n) is 5.20. The molecule has 1 aromatic rings. The van der Waals surface area contributed by atoms with Crippen LogP contribution in [-0.2, 0) is 0 Å². The quantitative estimate of drug-likeness (QED) is 0.866. The van der Waals surface area contributed by atoms with Crippen molar-refractivity contribution in [3.8, 4) is 0 Å². The van der Waals surface area contributed by atoms with Gasteiger partial charge in [-0.15, -0.1) is 0 Å². The Bertz CT molecular complexity index is 343. The van der Waals surface area contributed by atoms with Crippen LogP contribution in [0, 0.1) is 18.8 Å². The summed E-state index contributed by atoms with van der Waals surface area (Å²) in [5.74, 6) is 2.56. The van der Waals surface area contributed by atoms with Crippen molar-refractivity contribution < 1.29 is 0 Å². The van der Waals surface area contributed by atoms with Crippen LogP contribution in [0.25, 0.3) is 0 Å². The van der Waals surface area contributed by atoms with Crippen molar-refractivity contribution in [3.63, 3.8) is 0 Å². The molecule has 94 valence electrons. The highest BCUT2D eigenvalue weighted by Crippen LogP contribution is 2.30. The van der Waals surface area contributed by atoms with Crippen molar-refractivity contribution in [2.75, 3.05) is 11.9 Å². The third kappa shape index (κ3) is 3.69. The molecule has 3 heteroatoms. The first-order valence-corrected chi connectivity index (χ1v) is 6.81. The Morgan fingerprint density at radius 3 is 2.59 bits per heavy atom. The lowest BCUT2D eigenvalue weighted by atomic mass is 9.81. The second-order valence-corrected chi connectivity index (χ2v) is 5.20. The number of aromatic nitrogens is 2. The third-order valence-corrected chi connectivity index (χ3v) is 3.89. The van der Waals surface area contributed by atoms with Crippen LogP contribution in [0.15, 0.2) is 12.3 Å². The molecule has 1 aliphatic rings. The molecular weight excluding hydrogens is 210 g/mol. The SMILES string of the molecule is CCC1CCC(CNc2nccc(C)n2)CC1. The molecule has 17 heavy (non-hydrogen) atoms. The van der Waals surface area contributed by atoms with Crippen LogP contribution < -0.4 is 5.32 Å². The average molecular weight is 233 g/mol. The molecule has 2 rings (SSSR count). The maximum atomic E-state index is 4.37. The number of hydrogen-bond donors (Lipinski definition) is 1. The number of aryl methyl sites for hydroxylation is 1. The summed E-state index contributed by atoms with van der Waals surface area (Å²) in [6.07, 6.45) is 8.68. The van der Waals surface area contributed by atoms with Crippen molar-refractivity contribution in [2.24, 2.45) is 11.8 Å². The first kappa shape index (κ1) is 12.3. The number of hydrogen-bond acceptors (Lipinski definition) is 3. The van der Waals surface area contributed by atoms with Crippen molar-refractivity contribution >= 4 is 5.95 Å². The summed E-state index contributed by atoms with van der Waals surface area (Å²) in [5, 5.41) is 3.37. The molecule has 0 bridgehead atoms. The van der Waals surface area contributed by atoms with E-state index in [0.717, 1.165) is 30.0 Å². The van der Waals surface area contributed by atoms with Crippen molar-refractivity contribution in [1.29, 1.82) is 0 Å².